The van der Waals surface area contributed by atoms with Gasteiger partial charge in [-0.2, -0.15) is 5.10 Å². The van der Waals surface area contributed by atoms with Crippen LogP contribution >= 0.6 is 0 Å². The van der Waals surface area contributed by atoms with E-state index < -0.39 is 0 Å². The molecule has 1 amide bonds. The molecule has 1 fully saturated rings. The molecule has 132 valence electrons. The van der Waals surface area contributed by atoms with E-state index in [4.69, 9.17) is 9.47 Å². The molecule has 1 saturated heterocycles. The molecule has 0 bridgehead atoms. The molecule has 0 aliphatic carbocycles. The Bertz CT molecular complexity index is 773. The van der Waals surface area contributed by atoms with E-state index in [0.29, 0.717) is 31.9 Å². The minimum Gasteiger partial charge on any atom is -0.493 e. The Morgan fingerprint density at radius 3 is 3.16 bits per heavy atom. The lowest BCUT2D eigenvalue weighted by Gasteiger charge is -2.31. The predicted molar refractivity (Wildman–Crippen MR) is 90.4 cm³/mol. The van der Waals surface area contributed by atoms with Crippen LogP contribution in [-0.2, 0) is 28.8 Å². The van der Waals surface area contributed by atoms with Gasteiger partial charge in [-0.3, -0.25) is 9.89 Å². The van der Waals surface area contributed by atoms with E-state index in [1.54, 1.807) is 0 Å². The number of carbonyl (C=O) groups excluding carboxylic acids is 1. The summed E-state index contributed by atoms with van der Waals surface area (Å²) < 4.78 is 11.3. The molecule has 4 rings (SSSR count). The summed E-state index contributed by atoms with van der Waals surface area (Å²) in [7, 11) is 0. The number of carbonyl (C=O) groups is 1. The van der Waals surface area contributed by atoms with Gasteiger partial charge in [-0.1, -0.05) is 19.1 Å². The largest absolute Gasteiger partial charge is 0.493 e. The number of hydrogen-bond acceptors (Lipinski definition) is 5. The minimum absolute atomic E-state index is 0.110. The molecule has 1 aromatic heterocycles. The minimum atomic E-state index is -0.261. The second kappa shape index (κ2) is 6.84. The first kappa shape index (κ1) is 16.1. The van der Waals surface area contributed by atoms with Crippen molar-refractivity contribution in [3.8, 4) is 5.75 Å². The fourth-order valence-corrected chi connectivity index (χ4v) is 3.28. The summed E-state index contributed by atoms with van der Waals surface area (Å²) in [5.41, 5.74) is 2.22. The maximum absolute atomic E-state index is 12.7. The Morgan fingerprint density at radius 1 is 1.40 bits per heavy atom. The first-order valence-electron chi connectivity index (χ1n) is 8.78. The third-order valence-electron chi connectivity index (χ3n) is 4.70. The number of aryl methyl sites for hydroxylation is 1. The Labute approximate surface area is 146 Å². The second-order valence-electron chi connectivity index (χ2n) is 6.41. The first-order valence-corrected chi connectivity index (χ1v) is 8.78. The number of ether oxygens (including phenoxy) is 2. The summed E-state index contributed by atoms with van der Waals surface area (Å²) in [6.07, 6.45) is 1.85. The number of morpholine rings is 1. The average Bonchev–Trinajstić information content (AvgIpc) is 3.30. The number of amides is 1. The molecule has 0 spiro atoms. The fraction of sp³-hybridized carbons (Fsp3) is 0.500. The highest BCUT2D eigenvalue weighted by Crippen LogP contribution is 2.26. The molecule has 0 unspecified atom stereocenters. The average molecular weight is 342 g/mol. The van der Waals surface area contributed by atoms with Crippen molar-refractivity contribution in [2.24, 2.45) is 0 Å². The van der Waals surface area contributed by atoms with E-state index in [0.717, 1.165) is 36.6 Å². The quantitative estimate of drug-likeness (QED) is 0.909. The molecule has 1 atom stereocenters. The lowest BCUT2D eigenvalue weighted by atomic mass is 10.1. The van der Waals surface area contributed by atoms with Crippen LogP contribution in [0.25, 0.3) is 0 Å². The van der Waals surface area contributed by atoms with Crippen LogP contribution in [0, 0.1) is 0 Å². The van der Waals surface area contributed by atoms with Crippen molar-refractivity contribution in [2.75, 3.05) is 26.3 Å². The fourth-order valence-electron chi connectivity index (χ4n) is 3.28. The monoisotopic (exact) mass is 342 g/mol. The molecule has 1 N–H and O–H groups in total. The van der Waals surface area contributed by atoms with E-state index in [-0.39, 0.29) is 12.0 Å². The van der Waals surface area contributed by atoms with E-state index in [1.807, 2.05) is 24.0 Å². The van der Waals surface area contributed by atoms with Crippen LogP contribution < -0.4 is 4.74 Å². The number of rotatable bonds is 4. The highest BCUT2D eigenvalue weighted by atomic mass is 16.5. The SMILES string of the molecule is CCc1nc([C@@H]2CN(C(=O)Cc3ccc4c(c3)CCO4)CCO2)n[nH]1. The number of aromatic amines is 1. The van der Waals surface area contributed by atoms with Gasteiger partial charge in [0.05, 0.1) is 26.2 Å². The molecule has 3 heterocycles. The van der Waals surface area contributed by atoms with Crippen molar-refractivity contribution in [1.29, 1.82) is 0 Å². The molecule has 1 aromatic carbocycles. The zero-order valence-electron chi connectivity index (χ0n) is 14.3. The molecular formula is C18H22N4O3. The van der Waals surface area contributed by atoms with Crippen molar-refractivity contribution in [2.45, 2.75) is 32.3 Å². The number of hydrogen-bond donors (Lipinski definition) is 1. The van der Waals surface area contributed by atoms with E-state index in [1.165, 1.54) is 5.56 Å². The predicted octanol–water partition coefficient (Wildman–Crippen LogP) is 1.44. The van der Waals surface area contributed by atoms with Crippen molar-refractivity contribution in [1.82, 2.24) is 20.1 Å². The zero-order valence-corrected chi connectivity index (χ0v) is 14.3. The van der Waals surface area contributed by atoms with Gasteiger partial charge in [0.1, 0.15) is 17.7 Å². The summed E-state index contributed by atoms with van der Waals surface area (Å²) in [6, 6.07) is 6.02. The van der Waals surface area contributed by atoms with Crippen molar-refractivity contribution in [3.05, 3.63) is 41.0 Å². The third kappa shape index (κ3) is 3.37. The molecule has 7 heteroatoms. The number of aromatic nitrogens is 3. The van der Waals surface area contributed by atoms with E-state index in [9.17, 15) is 4.79 Å². The van der Waals surface area contributed by atoms with E-state index >= 15 is 0 Å². The Balaban J connectivity index is 1.41. The normalized spacial score (nSPS) is 19.6. The van der Waals surface area contributed by atoms with Crippen LogP contribution in [0.4, 0.5) is 0 Å². The highest BCUT2D eigenvalue weighted by molar-refractivity contribution is 5.79. The molecule has 2 aromatic rings. The van der Waals surface area contributed by atoms with Crippen molar-refractivity contribution in [3.63, 3.8) is 0 Å². The van der Waals surface area contributed by atoms with E-state index in [2.05, 4.69) is 21.2 Å². The Morgan fingerprint density at radius 2 is 2.32 bits per heavy atom. The van der Waals surface area contributed by atoms with Crippen LogP contribution in [0.2, 0.25) is 0 Å². The van der Waals surface area contributed by atoms with Crippen LogP contribution in [0.1, 0.15) is 35.8 Å². The number of nitrogens with one attached hydrogen (secondary N) is 1. The van der Waals surface area contributed by atoms with Gasteiger partial charge in [0.25, 0.3) is 0 Å². The smallest absolute Gasteiger partial charge is 0.227 e. The van der Waals surface area contributed by atoms with Gasteiger partial charge in [0.2, 0.25) is 5.91 Å². The van der Waals surface area contributed by atoms with Gasteiger partial charge in [-0.25, -0.2) is 4.98 Å². The molecule has 0 radical (unpaired) electrons. The number of benzene rings is 1. The summed E-state index contributed by atoms with van der Waals surface area (Å²) in [5, 5.41) is 7.12. The van der Waals surface area contributed by atoms with Gasteiger partial charge in [0.15, 0.2) is 5.82 Å². The van der Waals surface area contributed by atoms with Gasteiger partial charge in [0, 0.05) is 19.4 Å². The zero-order chi connectivity index (χ0) is 17.2. The van der Waals surface area contributed by atoms with Crippen molar-refractivity contribution < 1.29 is 14.3 Å². The number of H-pyrrole nitrogens is 1. The molecular weight excluding hydrogens is 320 g/mol. The van der Waals surface area contributed by atoms with Crippen LogP contribution in [-0.4, -0.2) is 52.3 Å². The van der Waals surface area contributed by atoms with Crippen LogP contribution in [0.3, 0.4) is 0 Å². The summed E-state index contributed by atoms with van der Waals surface area (Å²) in [5.74, 6) is 2.52. The van der Waals surface area contributed by atoms with Gasteiger partial charge in [-0.15, -0.1) is 0 Å². The topological polar surface area (TPSA) is 80.3 Å². The summed E-state index contributed by atoms with van der Waals surface area (Å²) in [4.78, 5) is 19.0. The van der Waals surface area contributed by atoms with Crippen LogP contribution in [0.5, 0.6) is 5.75 Å². The number of nitrogens with zero attached hydrogens (tertiary/aromatic N) is 3. The second-order valence-corrected chi connectivity index (χ2v) is 6.41. The van der Waals surface area contributed by atoms with Crippen molar-refractivity contribution >= 4 is 5.91 Å². The van der Waals surface area contributed by atoms with Gasteiger partial charge >= 0.3 is 0 Å². The lowest BCUT2D eigenvalue weighted by Crippen LogP contribution is -2.43. The lowest BCUT2D eigenvalue weighted by molar-refractivity contribution is -0.138. The Hall–Kier alpha value is -2.41. The van der Waals surface area contributed by atoms with Crippen LogP contribution in [0.15, 0.2) is 18.2 Å². The molecule has 7 nitrogen and oxygen atoms in total. The summed E-state index contributed by atoms with van der Waals surface area (Å²) in [6.45, 7) is 4.35. The standard InChI is InChI=1S/C18H22N4O3/c1-2-16-19-18(21-20-16)15-11-22(6-8-25-15)17(23)10-12-3-4-14-13(9-12)5-7-24-14/h3-4,9,15H,2,5-8,10-11H2,1H3,(H,19,20,21)/t15-/m0/s1. The highest BCUT2D eigenvalue weighted by Gasteiger charge is 2.28. The molecule has 25 heavy (non-hydrogen) atoms. The first-order chi connectivity index (χ1) is 12.2. The third-order valence-corrected chi connectivity index (χ3v) is 4.70. The van der Waals surface area contributed by atoms with Gasteiger partial charge < -0.3 is 14.4 Å². The molecule has 2 aliphatic rings. The maximum Gasteiger partial charge on any atom is 0.227 e. The molecule has 2 aliphatic heterocycles. The molecule has 0 saturated carbocycles. The summed E-state index contributed by atoms with van der Waals surface area (Å²) >= 11 is 0. The number of fused-ring (bicyclic) bond motifs is 1. The maximum atomic E-state index is 12.7. The Kier molecular flexibility index (Phi) is 4.40. The van der Waals surface area contributed by atoms with Gasteiger partial charge in [-0.05, 0) is 17.2 Å².